The third kappa shape index (κ3) is 6.41. The van der Waals surface area contributed by atoms with E-state index in [1.54, 1.807) is 37.3 Å². The molecule has 12 nitrogen and oxygen atoms in total. The molecule has 0 spiro atoms. The van der Waals surface area contributed by atoms with E-state index in [2.05, 4.69) is 31.1 Å². The van der Waals surface area contributed by atoms with Crippen molar-refractivity contribution in [3.05, 3.63) is 30.3 Å². The van der Waals surface area contributed by atoms with Gasteiger partial charge in [-0.05, 0) is 38.8 Å². The van der Waals surface area contributed by atoms with Gasteiger partial charge >= 0.3 is 19.7 Å². The highest BCUT2D eigenvalue weighted by Gasteiger charge is 2.53. The fraction of sp³-hybridized carbons (Fsp3) is 0.571. The molecular weight excluding hydrogens is 549 g/mol. The van der Waals surface area contributed by atoms with E-state index < -0.39 is 54.6 Å². The normalized spacial score (nSPS) is 29.3. The van der Waals surface area contributed by atoms with Crippen LogP contribution in [-0.4, -0.2) is 72.6 Å². The maximum Gasteiger partial charge on any atom is 0.459 e. The molecule has 6 atom stereocenters. The van der Waals surface area contributed by atoms with E-state index in [0.29, 0.717) is 12.8 Å². The summed E-state index contributed by atoms with van der Waals surface area (Å²) in [4.78, 5) is 37.9. The number of nitrogens with one attached hydrogen (secondary N) is 2. The van der Waals surface area contributed by atoms with Crippen LogP contribution in [0.1, 0.15) is 26.7 Å². The molecule has 1 aromatic carbocycles. The Morgan fingerprint density at radius 2 is 2.00 bits per heavy atom. The summed E-state index contributed by atoms with van der Waals surface area (Å²) in [5, 5.41) is 4.86. The van der Waals surface area contributed by atoms with Crippen LogP contribution in [0.25, 0.3) is 0 Å². The van der Waals surface area contributed by atoms with Crippen LogP contribution >= 0.6 is 23.7 Å². The van der Waals surface area contributed by atoms with Crippen molar-refractivity contribution >= 4 is 41.6 Å². The molecule has 2 saturated heterocycles. The van der Waals surface area contributed by atoms with Gasteiger partial charge in [0.15, 0.2) is 6.23 Å². The van der Waals surface area contributed by atoms with Gasteiger partial charge in [0.05, 0.1) is 19.8 Å². The zero-order chi connectivity index (χ0) is 25.8. The lowest BCUT2D eigenvalue weighted by atomic mass is 10.1. The summed E-state index contributed by atoms with van der Waals surface area (Å²) in [6, 6.07) is 6.75. The lowest BCUT2D eigenvalue weighted by Crippen LogP contribution is -2.69. The minimum atomic E-state index is -4.03. The molecule has 4 unspecified atom stereocenters. The second-order valence-electron chi connectivity index (χ2n) is 8.19. The lowest BCUT2D eigenvalue weighted by Gasteiger charge is -2.44. The van der Waals surface area contributed by atoms with Crippen molar-refractivity contribution in [2.45, 2.75) is 55.6 Å². The first-order valence-corrected chi connectivity index (χ1v) is 13.2. The average Bonchev–Trinajstić information content (AvgIpc) is 3.28. The monoisotopic (exact) mass is 577 g/mol. The number of urea groups is 1. The maximum absolute atomic E-state index is 13.5. The van der Waals surface area contributed by atoms with Gasteiger partial charge in [0.2, 0.25) is 5.91 Å². The van der Waals surface area contributed by atoms with Crippen molar-refractivity contribution in [3.8, 4) is 5.75 Å². The maximum atomic E-state index is 13.5. The van der Waals surface area contributed by atoms with E-state index in [4.69, 9.17) is 18.5 Å². The van der Waals surface area contributed by atoms with Gasteiger partial charge in [-0.2, -0.15) is 5.09 Å². The van der Waals surface area contributed by atoms with Crippen LogP contribution in [0.3, 0.4) is 0 Å². The Kier molecular flexibility index (Phi) is 8.95. The lowest BCUT2D eigenvalue weighted by molar-refractivity contribution is -0.152. The molecule has 2 fully saturated rings. The third-order valence-electron chi connectivity index (χ3n) is 5.54. The number of carbonyl (C=O) groups is 3. The van der Waals surface area contributed by atoms with Crippen LogP contribution in [0.15, 0.2) is 30.3 Å². The van der Waals surface area contributed by atoms with Gasteiger partial charge in [0, 0.05) is 7.11 Å². The van der Waals surface area contributed by atoms with Crippen molar-refractivity contribution in [1.82, 2.24) is 15.3 Å². The van der Waals surface area contributed by atoms with E-state index in [0.717, 1.165) is 0 Å². The Morgan fingerprint density at radius 3 is 2.63 bits per heavy atom. The number of hydrogen-bond acceptors (Lipinski definition) is 9. The van der Waals surface area contributed by atoms with E-state index in [-0.39, 0.29) is 12.4 Å². The third-order valence-corrected chi connectivity index (χ3v) is 7.94. The molecule has 3 amide bonds. The molecule has 35 heavy (non-hydrogen) atoms. The molecule has 14 heteroatoms. The van der Waals surface area contributed by atoms with Gasteiger partial charge in [-0.1, -0.05) is 34.1 Å². The van der Waals surface area contributed by atoms with Crippen molar-refractivity contribution < 1.29 is 42.2 Å². The molecule has 2 aliphatic rings. The number of carbonyl (C=O) groups excluding carboxylic acids is 3. The van der Waals surface area contributed by atoms with Gasteiger partial charge in [-0.25, -0.2) is 9.36 Å². The number of esters is 1. The Balaban J connectivity index is 1.68. The highest BCUT2D eigenvalue weighted by Crippen LogP contribution is 2.46. The smallest absolute Gasteiger partial charge is 0.459 e. The van der Waals surface area contributed by atoms with Crippen LogP contribution in [0, 0.1) is 0 Å². The van der Waals surface area contributed by atoms with Gasteiger partial charge in [0.25, 0.3) is 0 Å². The number of imide groups is 1. The molecule has 3 rings (SSSR count). The predicted octanol–water partition coefficient (Wildman–Crippen LogP) is 2.52. The van der Waals surface area contributed by atoms with Crippen LogP contribution in [-0.2, 0) is 32.9 Å². The minimum absolute atomic E-state index is 0.154. The van der Waals surface area contributed by atoms with Gasteiger partial charge in [0.1, 0.15) is 22.3 Å². The largest absolute Gasteiger partial charge is 0.468 e. The van der Waals surface area contributed by atoms with Crippen molar-refractivity contribution in [2.75, 3.05) is 20.8 Å². The Morgan fingerprint density at radius 1 is 1.31 bits per heavy atom. The Labute approximate surface area is 211 Å². The average molecular weight is 578 g/mol. The molecule has 1 aromatic rings. The number of methoxy groups -OCH3 is 2. The highest BCUT2D eigenvalue weighted by molar-refractivity contribution is 9.10. The van der Waals surface area contributed by atoms with Crippen LogP contribution in [0.4, 0.5) is 4.79 Å². The first kappa shape index (κ1) is 27.6. The molecule has 0 aromatic heterocycles. The summed E-state index contributed by atoms with van der Waals surface area (Å²) >= 11 is 3.33. The topological polar surface area (TPSA) is 142 Å². The standard InChI is InChI=1S/C21H29BrN3O9P/c1-13(17(26)30-3)24-35(29,34-14-8-6-5-7-9-14)32-12-15-10-11-16(33-15)25-19(31-4)21(2,22)18(27)23-20(25)28/h5-9,13,15-16,19H,10-12H2,1-4H3,(H,24,29)(H,23,27,28)/t13?,15-,16+,19?,21?,35?/m0/s1. The molecule has 0 radical (unpaired) electrons. The summed E-state index contributed by atoms with van der Waals surface area (Å²) in [6.07, 6.45) is -1.28. The van der Waals surface area contributed by atoms with Crippen molar-refractivity contribution in [2.24, 2.45) is 0 Å². The van der Waals surface area contributed by atoms with E-state index in [1.165, 1.54) is 26.0 Å². The molecule has 194 valence electrons. The first-order chi connectivity index (χ1) is 16.5. The second-order valence-corrected chi connectivity index (χ2v) is 11.5. The SMILES string of the molecule is COC(=O)C(C)NP(=O)(OC[C@@H]1CC[C@H](N2C(=O)NC(=O)C(C)(Br)C2OC)O1)Oc1ccccc1. The molecule has 2 aliphatic heterocycles. The van der Waals surface area contributed by atoms with Crippen LogP contribution < -0.4 is 14.9 Å². The van der Waals surface area contributed by atoms with E-state index in [1.807, 2.05) is 0 Å². The number of para-hydroxylation sites is 1. The number of rotatable bonds is 10. The van der Waals surface area contributed by atoms with Crippen molar-refractivity contribution in [1.29, 1.82) is 0 Å². The van der Waals surface area contributed by atoms with E-state index >= 15 is 0 Å². The predicted molar refractivity (Wildman–Crippen MR) is 127 cm³/mol. The fourth-order valence-electron chi connectivity index (χ4n) is 3.75. The summed E-state index contributed by atoms with van der Waals surface area (Å²) in [6.45, 7) is 2.91. The van der Waals surface area contributed by atoms with Crippen molar-refractivity contribution in [3.63, 3.8) is 0 Å². The number of alkyl halides is 1. The molecule has 2 N–H and O–H groups in total. The van der Waals surface area contributed by atoms with E-state index in [9.17, 15) is 18.9 Å². The number of halogens is 1. The summed E-state index contributed by atoms with van der Waals surface area (Å²) < 4.78 is 39.6. The second kappa shape index (κ2) is 11.4. The highest BCUT2D eigenvalue weighted by atomic mass is 79.9. The zero-order valence-electron chi connectivity index (χ0n) is 19.8. The Bertz CT molecular complexity index is 980. The summed E-state index contributed by atoms with van der Waals surface area (Å²) in [5.74, 6) is -0.884. The fourth-order valence-corrected chi connectivity index (χ4v) is 5.78. The number of ether oxygens (including phenoxy) is 3. The van der Waals surface area contributed by atoms with Gasteiger partial charge < -0.3 is 18.7 Å². The summed E-state index contributed by atoms with van der Waals surface area (Å²) in [5.41, 5.74) is 0. The molecule has 0 bridgehead atoms. The Hall–Kier alpha value is -2.02. The number of amides is 3. The molecule has 0 saturated carbocycles. The van der Waals surface area contributed by atoms with Gasteiger partial charge in [-0.3, -0.25) is 24.3 Å². The molecule has 2 heterocycles. The quantitative estimate of drug-likeness (QED) is 0.242. The summed E-state index contributed by atoms with van der Waals surface area (Å²) in [7, 11) is -1.42. The number of nitrogens with zero attached hydrogens (tertiary/aromatic N) is 1. The zero-order valence-corrected chi connectivity index (χ0v) is 22.2. The van der Waals surface area contributed by atoms with Gasteiger partial charge in [-0.15, -0.1) is 0 Å². The number of benzene rings is 1. The molecule has 0 aliphatic carbocycles. The minimum Gasteiger partial charge on any atom is -0.468 e. The molecular formula is C21H29BrN3O9P. The van der Waals surface area contributed by atoms with Crippen LogP contribution in [0.2, 0.25) is 0 Å². The van der Waals surface area contributed by atoms with Crippen LogP contribution in [0.5, 0.6) is 5.75 Å². The number of hydrogen-bond donors (Lipinski definition) is 2. The first-order valence-electron chi connectivity index (χ1n) is 10.9.